The largest absolute Gasteiger partial charge is 0.361 e. The third-order valence-electron chi connectivity index (χ3n) is 6.49. The van der Waals surface area contributed by atoms with Crippen molar-refractivity contribution in [3.63, 3.8) is 0 Å². The number of nitrogens with zero attached hydrogens (tertiary/aromatic N) is 2. The summed E-state index contributed by atoms with van der Waals surface area (Å²) in [6.07, 6.45) is 11.6. The summed E-state index contributed by atoms with van der Waals surface area (Å²) in [6, 6.07) is 9.27. The molecule has 4 rings (SSSR count). The molecule has 3 nitrogen and oxygen atoms in total. The highest BCUT2D eigenvalue weighted by Gasteiger charge is 2.51. The van der Waals surface area contributed by atoms with Gasteiger partial charge in [0.05, 0.1) is 17.6 Å². The molecular formula is C23H31BrN2OS2. The van der Waals surface area contributed by atoms with Crippen LogP contribution in [-0.2, 0) is 11.2 Å². The lowest BCUT2D eigenvalue weighted by atomic mass is 9.87. The van der Waals surface area contributed by atoms with E-state index >= 15 is 0 Å². The van der Waals surface area contributed by atoms with Gasteiger partial charge in [-0.1, -0.05) is 65.3 Å². The molecular weight excluding hydrogens is 464 g/mol. The van der Waals surface area contributed by atoms with Gasteiger partial charge >= 0.3 is 0 Å². The minimum absolute atomic E-state index is 0.135. The Balaban J connectivity index is 1.62. The first-order valence-corrected chi connectivity index (χ1v) is 12.9. The molecule has 1 aromatic carbocycles. The van der Waals surface area contributed by atoms with Crippen LogP contribution in [0.1, 0.15) is 37.7 Å². The fourth-order valence-electron chi connectivity index (χ4n) is 5.09. The molecule has 1 aliphatic carbocycles. The van der Waals surface area contributed by atoms with Gasteiger partial charge in [0, 0.05) is 42.8 Å². The highest BCUT2D eigenvalue weighted by molar-refractivity contribution is 9.10. The van der Waals surface area contributed by atoms with Crippen molar-refractivity contribution in [2.45, 2.75) is 55.5 Å². The van der Waals surface area contributed by atoms with Gasteiger partial charge < -0.3 is 9.64 Å². The predicted octanol–water partition coefficient (Wildman–Crippen LogP) is 5.28. The van der Waals surface area contributed by atoms with Gasteiger partial charge in [0.2, 0.25) is 0 Å². The third-order valence-corrected chi connectivity index (χ3v) is 8.84. The fraction of sp³-hybridized carbons (Fsp3) is 0.609. The second-order valence-electron chi connectivity index (χ2n) is 8.36. The molecule has 0 aromatic heterocycles. The van der Waals surface area contributed by atoms with Gasteiger partial charge in [0.1, 0.15) is 4.93 Å². The first-order valence-electron chi connectivity index (χ1n) is 10.8. The van der Waals surface area contributed by atoms with Crippen LogP contribution in [0.15, 0.2) is 40.9 Å². The van der Waals surface area contributed by atoms with Crippen molar-refractivity contribution in [3.05, 3.63) is 46.5 Å². The molecule has 3 unspecified atom stereocenters. The summed E-state index contributed by atoms with van der Waals surface area (Å²) in [6.45, 7) is 2.96. The van der Waals surface area contributed by atoms with E-state index in [1.165, 1.54) is 31.2 Å². The van der Waals surface area contributed by atoms with Crippen LogP contribution in [0.2, 0.25) is 0 Å². The van der Waals surface area contributed by atoms with Gasteiger partial charge in [-0.3, -0.25) is 4.90 Å². The fourth-order valence-corrected chi connectivity index (χ4v) is 7.27. The summed E-state index contributed by atoms with van der Waals surface area (Å²) in [7, 11) is 2.22. The van der Waals surface area contributed by atoms with Gasteiger partial charge in [-0.25, -0.2) is 0 Å². The summed E-state index contributed by atoms with van der Waals surface area (Å²) in [5.41, 5.74) is 1.26. The highest BCUT2D eigenvalue weighted by Crippen LogP contribution is 2.46. The van der Waals surface area contributed by atoms with E-state index < -0.39 is 0 Å². The van der Waals surface area contributed by atoms with Crippen molar-refractivity contribution in [1.82, 2.24) is 9.80 Å². The Kier molecular flexibility index (Phi) is 7.39. The Morgan fingerprint density at radius 2 is 2.14 bits per heavy atom. The average Bonchev–Trinajstić information content (AvgIpc) is 3.37. The first kappa shape index (κ1) is 21.8. The molecule has 1 saturated carbocycles. The second kappa shape index (κ2) is 9.82. The number of thiocarbonyl (C=S) groups is 1. The zero-order valence-electron chi connectivity index (χ0n) is 17.2. The van der Waals surface area contributed by atoms with Crippen LogP contribution in [0, 0.1) is 0 Å². The second-order valence-corrected chi connectivity index (χ2v) is 11.1. The zero-order chi connectivity index (χ0) is 20.3. The average molecular weight is 496 g/mol. The minimum atomic E-state index is -0.135. The van der Waals surface area contributed by atoms with Crippen LogP contribution < -0.4 is 0 Å². The molecule has 1 spiro atoms. The molecule has 1 saturated heterocycles. The normalized spacial score (nSPS) is 30.4. The van der Waals surface area contributed by atoms with E-state index in [4.69, 9.17) is 17.0 Å². The lowest BCUT2D eigenvalue weighted by molar-refractivity contribution is -0.0409. The van der Waals surface area contributed by atoms with E-state index in [2.05, 4.69) is 69.2 Å². The molecule has 0 radical (unpaired) electrons. The zero-order valence-corrected chi connectivity index (χ0v) is 20.4. The van der Waals surface area contributed by atoms with Crippen LogP contribution in [0.4, 0.5) is 0 Å². The van der Waals surface area contributed by atoms with Crippen molar-refractivity contribution in [3.8, 4) is 0 Å². The topological polar surface area (TPSA) is 15.7 Å². The predicted molar refractivity (Wildman–Crippen MR) is 131 cm³/mol. The van der Waals surface area contributed by atoms with E-state index in [1.807, 2.05) is 11.8 Å². The van der Waals surface area contributed by atoms with E-state index in [-0.39, 0.29) is 11.0 Å². The Morgan fingerprint density at radius 1 is 1.31 bits per heavy atom. The number of halogens is 1. The van der Waals surface area contributed by atoms with Gasteiger partial charge in [-0.15, -0.1) is 11.8 Å². The quantitative estimate of drug-likeness (QED) is 0.416. The number of likely N-dealkylation sites (N-methyl/N-ethyl adjacent to an activating group) is 1. The maximum Gasteiger partial charge on any atom is 0.135 e. The van der Waals surface area contributed by atoms with Crippen LogP contribution in [0.5, 0.6) is 0 Å². The van der Waals surface area contributed by atoms with Crippen LogP contribution in [0.25, 0.3) is 0 Å². The van der Waals surface area contributed by atoms with E-state index in [0.29, 0.717) is 6.04 Å². The number of hydrogen-bond donors (Lipinski definition) is 0. The van der Waals surface area contributed by atoms with Crippen molar-refractivity contribution in [2.24, 2.45) is 0 Å². The smallest absolute Gasteiger partial charge is 0.135 e. The molecule has 6 heteroatoms. The summed E-state index contributed by atoms with van der Waals surface area (Å²) in [5.74, 6) is 1.09. The van der Waals surface area contributed by atoms with Gasteiger partial charge in [0.25, 0.3) is 0 Å². The molecule has 0 bridgehead atoms. The Morgan fingerprint density at radius 3 is 2.86 bits per heavy atom. The molecule has 2 fully saturated rings. The third kappa shape index (κ3) is 4.93. The lowest BCUT2D eigenvalue weighted by Gasteiger charge is -2.50. The lowest BCUT2D eigenvalue weighted by Crippen LogP contribution is -2.62. The molecule has 158 valence electrons. The van der Waals surface area contributed by atoms with Crippen molar-refractivity contribution in [2.75, 3.05) is 32.5 Å². The minimum Gasteiger partial charge on any atom is -0.361 e. The number of benzene rings is 1. The van der Waals surface area contributed by atoms with E-state index in [0.717, 1.165) is 47.8 Å². The van der Waals surface area contributed by atoms with Crippen LogP contribution in [0.3, 0.4) is 0 Å². The maximum atomic E-state index is 6.57. The molecule has 3 aliphatic rings. The maximum absolute atomic E-state index is 6.57. The molecule has 2 heterocycles. The van der Waals surface area contributed by atoms with Crippen molar-refractivity contribution in [1.29, 1.82) is 0 Å². The number of rotatable bonds is 4. The van der Waals surface area contributed by atoms with Crippen molar-refractivity contribution < 1.29 is 4.74 Å². The van der Waals surface area contributed by atoms with Crippen LogP contribution >= 0.6 is 39.9 Å². The van der Waals surface area contributed by atoms with Crippen LogP contribution in [-0.4, -0.2) is 64.3 Å². The molecule has 29 heavy (non-hydrogen) atoms. The van der Waals surface area contributed by atoms with Crippen molar-refractivity contribution >= 4 is 44.9 Å². The molecule has 1 aromatic rings. The van der Waals surface area contributed by atoms with Gasteiger partial charge in [-0.2, -0.15) is 0 Å². The molecule has 3 atom stereocenters. The summed E-state index contributed by atoms with van der Waals surface area (Å²) in [4.78, 5) is 5.92. The number of ether oxygens (including phenoxy) is 1. The SMILES string of the molecule is CN(C(=S)Cc1cccc(Br)c1)C1C(N2CC=CC2)CCCCCC12OCCS2. The number of thioether (sulfide) groups is 1. The summed E-state index contributed by atoms with van der Waals surface area (Å²) >= 11 is 11.6. The summed E-state index contributed by atoms with van der Waals surface area (Å²) < 4.78 is 7.68. The van der Waals surface area contributed by atoms with Gasteiger partial charge in [-0.05, 0) is 37.0 Å². The molecule has 2 aliphatic heterocycles. The Bertz CT molecular complexity index is 742. The summed E-state index contributed by atoms with van der Waals surface area (Å²) in [5, 5.41) is 0. The monoisotopic (exact) mass is 494 g/mol. The first-order chi connectivity index (χ1) is 14.1. The molecule has 0 N–H and O–H groups in total. The Hall–Kier alpha value is -0.400. The number of hydrogen-bond acceptors (Lipinski definition) is 4. The standard InChI is InChI=1S/C23H31BrN2OS2/c1-25(21(28)17-18-8-7-9-19(24)16-18)22-20(26-12-5-6-13-26)10-3-2-4-11-23(22)27-14-15-29-23/h5-9,16,20,22H,2-4,10-15,17H2,1H3. The highest BCUT2D eigenvalue weighted by atomic mass is 79.9. The molecule has 0 amide bonds. The van der Waals surface area contributed by atoms with Gasteiger partial charge in [0.15, 0.2) is 0 Å². The van der Waals surface area contributed by atoms with E-state index in [1.54, 1.807) is 0 Å². The Labute approximate surface area is 193 Å². The van der Waals surface area contributed by atoms with E-state index in [9.17, 15) is 0 Å².